The van der Waals surface area contributed by atoms with Crippen molar-refractivity contribution in [1.29, 1.82) is 0 Å². The molecule has 1 aliphatic rings. The fraction of sp³-hybridized carbons (Fsp3) is 0.667. The van der Waals surface area contributed by atoms with Gasteiger partial charge in [0.15, 0.2) is 9.84 Å². The van der Waals surface area contributed by atoms with Gasteiger partial charge in [-0.3, -0.25) is 0 Å². The standard InChI is InChI=1S/C12H19NO2S2/c1-4-6-12(9-13(2)3)8-10-5-7-16-11(10)17(12,14)15/h5,7H,4,6,8-9H2,1-3H3. The highest BCUT2D eigenvalue weighted by atomic mass is 32.2. The Kier molecular flexibility index (Phi) is 3.36. The van der Waals surface area contributed by atoms with Crippen LogP contribution in [0.1, 0.15) is 25.3 Å². The molecule has 5 heteroatoms. The van der Waals surface area contributed by atoms with Gasteiger partial charge >= 0.3 is 0 Å². The van der Waals surface area contributed by atoms with E-state index in [9.17, 15) is 8.42 Å². The summed E-state index contributed by atoms with van der Waals surface area (Å²) in [6, 6.07) is 1.96. The number of sulfone groups is 1. The first-order chi connectivity index (χ1) is 7.93. The quantitative estimate of drug-likeness (QED) is 0.844. The fourth-order valence-corrected chi connectivity index (χ4v) is 6.78. The van der Waals surface area contributed by atoms with Gasteiger partial charge in [0.1, 0.15) is 4.21 Å². The van der Waals surface area contributed by atoms with Crippen molar-refractivity contribution in [3.05, 3.63) is 17.0 Å². The molecular formula is C12H19NO2S2. The lowest BCUT2D eigenvalue weighted by Gasteiger charge is -2.30. The highest BCUT2D eigenvalue weighted by Crippen LogP contribution is 2.45. The van der Waals surface area contributed by atoms with Crippen LogP contribution in [-0.4, -0.2) is 38.7 Å². The van der Waals surface area contributed by atoms with Crippen LogP contribution in [0.3, 0.4) is 0 Å². The van der Waals surface area contributed by atoms with Crippen molar-refractivity contribution in [2.75, 3.05) is 20.6 Å². The number of nitrogens with zero attached hydrogens (tertiary/aromatic N) is 1. The van der Waals surface area contributed by atoms with Crippen molar-refractivity contribution in [2.45, 2.75) is 35.1 Å². The molecule has 2 heterocycles. The molecule has 1 aromatic heterocycles. The topological polar surface area (TPSA) is 37.4 Å². The molecule has 1 unspecified atom stereocenters. The first kappa shape index (κ1) is 13.1. The highest BCUT2D eigenvalue weighted by Gasteiger charge is 2.51. The molecule has 0 aliphatic carbocycles. The Labute approximate surface area is 107 Å². The second-order valence-electron chi connectivity index (χ2n) is 5.08. The van der Waals surface area contributed by atoms with E-state index in [4.69, 9.17) is 0 Å². The third-order valence-electron chi connectivity index (χ3n) is 3.34. The number of rotatable bonds is 4. The van der Waals surface area contributed by atoms with Crippen LogP contribution in [0.15, 0.2) is 15.7 Å². The summed E-state index contributed by atoms with van der Waals surface area (Å²) in [6.45, 7) is 2.67. The molecule has 17 heavy (non-hydrogen) atoms. The van der Waals surface area contributed by atoms with Crippen molar-refractivity contribution in [1.82, 2.24) is 4.90 Å². The molecule has 0 saturated carbocycles. The van der Waals surface area contributed by atoms with Crippen LogP contribution in [0.2, 0.25) is 0 Å². The molecule has 0 aromatic carbocycles. The molecule has 2 rings (SSSR count). The maximum absolute atomic E-state index is 12.7. The molecule has 0 saturated heterocycles. The molecule has 1 aromatic rings. The van der Waals surface area contributed by atoms with Gasteiger partial charge in [0.25, 0.3) is 0 Å². The number of thiophene rings is 1. The van der Waals surface area contributed by atoms with E-state index < -0.39 is 14.6 Å². The van der Waals surface area contributed by atoms with Gasteiger partial charge in [-0.2, -0.15) is 0 Å². The summed E-state index contributed by atoms with van der Waals surface area (Å²) in [4.78, 5) is 1.99. The average molecular weight is 273 g/mol. The van der Waals surface area contributed by atoms with E-state index in [1.807, 2.05) is 30.4 Å². The highest BCUT2D eigenvalue weighted by molar-refractivity contribution is 7.95. The van der Waals surface area contributed by atoms with Gasteiger partial charge in [0.05, 0.1) is 4.75 Å². The van der Waals surface area contributed by atoms with E-state index in [0.29, 0.717) is 17.2 Å². The lowest BCUT2D eigenvalue weighted by molar-refractivity contribution is 0.326. The Bertz CT molecular complexity index is 504. The summed E-state index contributed by atoms with van der Waals surface area (Å²) >= 11 is 1.37. The molecule has 0 amide bonds. The van der Waals surface area contributed by atoms with Gasteiger partial charge in [-0.05, 0) is 43.9 Å². The molecule has 0 fully saturated rings. The molecule has 3 nitrogen and oxygen atoms in total. The Morgan fingerprint density at radius 3 is 2.71 bits per heavy atom. The Balaban J connectivity index is 2.47. The normalized spacial score (nSPS) is 26.4. The number of hydrogen-bond acceptors (Lipinski definition) is 4. The van der Waals surface area contributed by atoms with Crippen molar-refractivity contribution < 1.29 is 8.42 Å². The van der Waals surface area contributed by atoms with Crippen molar-refractivity contribution in [3.63, 3.8) is 0 Å². The molecule has 0 N–H and O–H groups in total. The molecule has 1 atom stereocenters. The minimum atomic E-state index is -3.15. The van der Waals surface area contributed by atoms with Crippen LogP contribution in [0.5, 0.6) is 0 Å². The minimum absolute atomic E-state index is 0.590. The first-order valence-electron chi connectivity index (χ1n) is 5.89. The fourth-order valence-electron chi connectivity index (χ4n) is 2.80. The van der Waals surface area contributed by atoms with Crippen LogP contribution in [0.25, 0.3) is 0 Å². The third kappa shape index (κ3) is 1.94. The molecular weight excluding hydrogens is 254 g/mol. The van der Waals surface area contributed by atoms with Crippen molar-refractivity contribution in [3.8, 4) is 0 Å². The SMILES string of the molecule is CCCC1(CN(C)C)Cc2ccsc2S1(=O)=O. The summed E-state index contributed by atoms with van der Waals surface area (Å²) in [5.41, 5.74) is 1.02. The Morgan fingerprint density at radius 2 is 2.18 bits per heavy atom. The predicted octanol–water partition coefficient (Wildman–Crippen LogP) is 2.18. The number of fused-ring (bicyclic) bond motifs is 1. The van der Waals surface area contributed by atoms with E-state index in [2.05, 4.69) is 6.92 Å². The molecule has 0 radical (unpaired) electrons. The van der Waals surface area contributed by atoms with Crippen LogP contribution in [0, 0.1) is 0 Å². The van der Waals surface area contributed by atoms with Crippen LogP contribution < -0.4 is 0 Å². The zero-order chi connectivity index (χ0) is 12.7. The summed E-state index contributed by atoms with van der Waals surface area (Å²) < 4.78 is 25.4. The first-order valence-corrected chi connectivity index (χ1v) is 8.25. The molecule has 96 valence electrons. The summed E-state index contributed by atoms with van der Waals surface area (Å²) in [5, 5.41) is 1.88. The Hall–Kier alpha value is -0.390. The van der Waals surface area contributed by atoms with E-state index in [-0.39, 0.29) is 0 Å². The monoisotopic (exact) mass is 273 g/mol. The van der Waals surface area contributed by atoms with Gasteiger partial charge < -0.3 is 4.90 Å². The summed E-state index contributed by atoms with van der Waals surface area (Å²) in [6.07, 6.45) is 2.33. The lowest BCUT2D eigenvalue weighted by Crippen LogP contribution is -2.45. The second-order valence-corrected chi connectivity index (χ2v) is 8.54. The molecule has 1 aliphatic heterocycles. The number of hydrogen-bond donors (Lipinski definition) is 0. The smallest absolute Gasteiger partial charge is 0.195 e. The van der Waals surface area contributed by atoms with E-state index >= 15 is 0 Å². The lowest BCUT2D eigenvalue weighted by atomic mass is 9.95. The van der Waals surface area contributed by atoms with Gasteiger partial charge in [0, 0.05) is 6.54 Å². The maximum atomic E-state index is 12.7. The largest absolute Gasteiger partial charge is 0.308 e. The van der Waals surface area contributed by atoms with Crippen LogP contribution in [0.4, 0.5) is 0 Å². The zero-order valence-electron chi connectivity index (χ0n) is 10.6. The van der Waals surface area contributed by atoms with Crippen LogP contribution >= 0.6 is 11.3 Å². The third-order valence-corrected chi connectivity index (χ3v) is 7.41. The van der Waals surface area contributed by atoms with Crippen molar-refractivity contribution in [2.24, 2.45) is 0 Å². The minimum Gasteiger partial charge on any atom is -0.308 e. The van der Waals surface area contributed by atoms with E-state index in [0.717, 1.165) is 18.4 Å². The van der Waals surface area contributed by atoms with Gasteiger partial charge in [-0.1, -0.05) is 13.3 Å². The predicted molar refractivity (Wildman–Crippen MR) is 71.4 cm³/mol. The summed E-state index contributed by atoms with van der Waals surface area (Å²) in [5.74, 6) is 0. The summed E-state index contributed by atoms with van der Waals surface area (Å²) in [7, 11) is 0.743. The maximum Gasteiger partial charge on any atom is 0.195 e. The Morgan fingerprint density at radius 1 is 1.47 bits per heavy atom. The van der Waals surface area contributed by atoms with E-state index in [1.54, 1.807) is 0 Å². The van der Waals surface area contributed by atoms with Gasteiger partial charge in [-0.15, -0.1) is 11.3 Å². The van der Waals surface area contributed by atoms with Crippen molar-refractivity contribution >= 4 is 21.2 Å². The van der Waals surface area contributed by atoms with E-state index in [1.165, 1.54) is 11.3 Å². The molecule has 0 spiro atoms. The van der Waals surface area contributed by atoms with Crippen LogP contribution in [-0.2, 0) is 16.3 Å². The second kappa shape index (κ2) is 4.37. The van der Waals surface area contributed by atoms with Gasteiger partial charge in [-0.25, -0.2) is 8.42 Å². The molecule has 0 bridgehead atoms. The van der Waals surface area contributed by atoms with Gasteiger partial charge in [0.2, 0.25) is 0 Å². The average Bonchev–Trinajstić information content (AvgIpc) is 2.70. The zero-order valence-corrected chi connectivity index (χ0v) is 12.2.